The highest BCUT2D eigenvalue weighted by Crippen LogP contribution is 2.26. The fourth-order valence-corrected chi connectivity index (χ4v) is 4.37. The molecule has 29 heavy (non-hydrogen) atoms. The summed E-state index contributed by atoms with van der Waals surface area (Å²) in [6.07, 6.45) is 0.207. The number of amides is 4. The molecule has 1 aliphatic heterocycles. The standard InChI is InChI=1S/C19H19BrN4O4S/c1-10-6-12(2-3-13(10)18(27)22-8-16(21)25)24-9-11(7-17(24)26)23-19(28)14-4-5-15(20)29-14/h2-6,11H,7-9H2,1H3,(H2,21,25)(H,22,27)(H,23,28). The maximum Gasteiger partial charge on any atom is 0.261 e. The van der Waals surface area contributed by atoms with Gasteiger partial charge < -0.3 is 21.3 Å². The largest absolute Gasteiger partial charge is 0.368 e. The van der Waals surface area contributed by atoms with Gasteiger partial charge in [-0.1, -0.05) is 0 Å². The molecule has 152 valence electrons. The normalized spacial score (nSPS) is 16.0. The highest BCUT2D eigenvalue weighted by molar-refractivity contribution is 9.11. The van der Waals surface area contributed by atoms with Gasteiger partial charge in [0, 0.05) is 24.2 Å². The van der Waals surface area contributed by atoms with Crippen LogP contribution in [-0.2, 0) is 9.59 Å². The molecule has 1 aromatic heterocycles. The number of hydrogen-bond donors (Lipinski definition) is 3. The van der Waals surface area contributed by atoms with Gasteiger partial charge in [-0.2, -0.15) is 0 Å². The zero-order valence-electron chi connectivity index (χ0n) is 15.5. The molecule has 2 heterocycles. The number of hydrogen-bond acceptors (Lipinski definition) is 5. The summed E-state index contributed by atoms with van der Waals surface area (Å²) in [4.78, 5) is 49.9. The Balaban J connectivity index is 1.67. The SMILES string of the molecule is Cc1cc(N2CC(NC(=O)c3ccc(Br)s3)CC2=O)ccc1C(=O)NCC(N)=O. The van der Waals surface area contributed by atoms with Crippen molar-refractivity contribution < 1.29 is 19.2 Å². The molecule has 4 N–H and O–H groups in total. The van der Waals surface area contributed by atoms with Crippen molar-refractivity contribution in [2.75, 3.05) is 18.0 Å². The Bertz CT molecular complexity index is 990. The predicted octanol–water partition coefficient (Wildman–Crippen LogP) is 1.57. The maximum atomic E-state index is 12.5. The van der Waals surface area contributed by atoms with Crippen LogP contribution in [0.3, 0.4) is 0 Å². The summed E-state index contributed by atoms with van der Waals surface area (Å²) in [6.45, 7) is 1.85. The third-order valence-electron chi connectivity index (χ3n) is 4.45. The molecule has 1 aromatic carbocycles. The molecule has 0 spiro atoms. The lowest BCUT2D eigenvalue weighted by atomic mass is 10.1. The quantitative estimate of drug-likeness (QED) is 0.582. The third kappa shape index (κ3) is 5.01. The van der Waals surface area contributed by atoms with Crippen molar-refractivity contribution in [1.82, 2.24) is 10.6 Å². The molecule has 0 saturated carbocycles. The second-order valence-corrected chi connectivity index (χ2v) is 9.09. The first-order chi connectivity index (χ1) is 13.7. The van der Waals surface area contributed by atoms with E-state index >= 15 is 0 Å². The first-order valence-corrected chi connectivity index (χ1v) is 10.4. The van der Waals surface area contributed by atoms with Crippen LogP contribution in [0.1, 0.15) is 32.0 Å². The third-order valence-corrected chi connectivity index (χ3v) is 6.07. The number of carbonyl (C=O) groups excluding carboxylic acids is 4. The highest BCUT2D eigenvalue weighted by Gasteiger charge is 2.32. The van der Waals surface area contributed by atoms with E-state index in [-0.39, 0.29) is 30.8 Å². The zero-order chi connectivity index (χ0) is 21.1. The molecule has 4 amide bonds. The Morgan fingerprint density at radius 2 is 2.00 bits per heavy atom. The molecule has 0 aliphatic carbocycles. The molecule has 0 bridgehead atoms. The second-order valence-electron chi connectivity index (χ2n) is 6.63. The summed E-state index contributed by atoms with van der Waals surface area (Å²) in [7, 11) is 0. The van der Waals surface area contributed by atoms with E-state index in [2.05, 4.69) is 26.6 Å². The molecule has 2 aromatic rings. The summed E-state index contributed by atoms with van der Waals surface area (Å²) in [6, 6.07) is 8.24. The van der Waals surface area contributed by atoms with Crippen LogP contribution >= 0.6 is 27.3 Å². The lowest BCUT2D eigenvalue weighted by molar-refractivity contribution is -0.117. The predicted molar refractivity (Wildman–Crippen MR) is 113 cm³/mol. The van der Waals surface area contributed by atoms with E-state index in [1.165, 1.54) is 11.3 Å². The van der Waals surface area contributed by atoms with Gasteiger partial charge in [-0.15, -0.1) is 11.3 Å². The molecule has 8 nitrogen and oxygen atoms in total. The van der Waals surface area contributed by atoms with Crippen LogP contribution in [0.25, 0.3) is 0 Å². The van der Waals surface area contributed by atoms with Crippen molar-refractivity contribution in [3.63, 3.8) is 0 Å². The van der Waals surface area contributed by atoms with Crippen LogP contribution in [0.5, 0.6) is 0 Å². The highest BCUT2D eigenvalue weighted by atomic mass is 79.9. The smallest absolute Gasteiger partial charge is 0.261 e. The van der Waals surface area contributed by atoms with Crippen molar-refractivity contribution in [3.8, 4) is 0 Å². The number of rotatable bonds is 6. The monoisotopic (exact) mass is 478 g/mol. The molecule has 3 rings (SSSR count). The van der Waals surface area contributed by atoms with Crippen LogP contribution in [0, 0.1) is 6.92 Å². The number of aryl methyl sites for hydroxylation is 1. The van der Waals surface area contributed by atoms with E-state index in [0.29, 0.717) is 28.2 Å². The fourth-order valence-electron chi connectivity index (χ4n) is 3.08. The Hall–Kier alpha value is -2.72. The van der Waals surface area contributed by atoms with E-state index in [9.17, 15) is 19.2 Å². The number of thiophene rings is 1. The second kappa shape index (κ2) is 8.75. The van der Waals surface area contributed by atoms with Crippen molar-refractivity contribution in [2.24, 2.45) is 5.73 Å². The average molecular weight is 479 g/mol. The Morgan fingerprint density at radius 1 is 1.24 bits per heavy atom. The number of nitrogens with zero attached hydrogens (tertiary/aromatic N) is 1. The number of primary amides is 1. The minimum atomic E-state index is -0.627. The average Bonchev–Trinajstić information content (AvgIpc) is 3.25. The van der Waals surface area contributed by atoms with Crippen molar-refractivity contribution in [1.29, 1.82) is 0 Å². The van der Waals surface area contributed by atoms with E-state index in [1.54, 1.807) is 42.2 Å². The van der Waals surface area contributed by atoms with E-state index < -0.39 is 11.8 Å². The van der Waals surface area contributed by atoms with Crippen molar-refractivity contribution >= 4 is 56.6 Å². The van der Waals surface area contributed by atoms with Gasteiger partial charge in [0.05, 0.1) is 21.3 Å². The Kier molecular flexibility index (Phi) is 6.33. The Morgan fingerprint density at radius 3 is 2.62 bits per heavy atom. The van der Waals surface area contributed by atoms with Gasteiger partial charge in [0.2, 0.25) is 11.8 Å². The number of benzene rings is 1. The molecule has 1 saturated heterocycles. The lowest BCUT2D eigenvalue weighted by Gasteiger charge is -2.18. The molecular weight excluding hydrogens is 460 g/mol. The van der Waals surface area contributed by atoms with Gasteiger partial charge in [-0.25, -0.2) is 0 Å². The fraction of sp³-hybridized carbons (Fsp3) is 0.263. The zero-order valence-corrected chi connectivity index (χ0v) is 17.9. The van der Waals surface area contributed by atoms with Gasteiger partial charge in [0.25, 0.3) is 11.8 Å². The van der Waals surface area contributed by atoms with Gasteiger partial charge in [-0.3, -0.25) is 19.2 Å². The molecular formula is C19H19BrN4O4S. The summed E-state index contributed by atoms with van der Waals surface area (Å²) in [5.74, 6) is -1.35. The van der Waals surface area contributed by atoms with Crippen LogP contribution in [-0.4, -0.2) is 42.8 Å². The van der Waals surface area contributed by atoms with Gasteiger partial charge >= 0.3 is 0 Å². The number of nitrogens with two attached hydrogens (primary N) is 1. The van der Waals surface area contributed by atoms with Gasteiger partial charge in [0.1, 0.15) is 0 Å². The number of carbonyl (C=O) groups is 4. The minimum absolute atomic E-state index is 0.104. The number of nitrogens with one attached hydrogen (secondary N) is 2. The van der Waals surface area contributed by atoms with E-state index in [4.69, 9.17) is 5.73 Å². The Labute approximate surface area is 179 Å². The summed E-state index contributed by atoms with van der Waals surface area (Å²) < 4.78 is 0.863. The topological polar surface area (TPSA) is 122 Å². The van der Waals surface area contributed by atoms with Crippen LogP contribution < -0.4 is 21.3 Å². The molecule has 1 aliphatic rings. The van der Waals surface area contributed by atoms with Gasteiger partial charge in [-0.05, 0) is 58.7 Å². The summed E-state index contributed by atoms with van der Waals surface area (Å²) in [5, 5.41) is 5.33. The van der Waals surface area contributed by atoms with E-state index in [1.807, 2.05) is 0 Å². The minimum Gasteiger partial charge on any atom is -0.368 e. The van der Waals surface area contributed by atoms with Crippen molar-refractivity contribution in [2.45, 2.75) is 19.4 Å². The maximum absolute atomic E-state index is 12.5. The summed E-state index contributed by atoms with van der Waals surface area (Å²) >= 11 is 4.66. The molecule has 1 unspecified atom stereocenters. The van der Waals surface area contributed by atoms with E-state index in [0.717, 1.165) is 3.79 Å². The van der Waals surface area contributed by atoms with Crippen molar-refractivity contribution in [3.05, 3.63) is 50.1 Å². The van der Waals surface area contributed by atoms with Crippen LogP contribution in [0.4, 0.5) is 5.69 Å². The van der Waals surface area contributed by atoms with Crippen LogP contribution in [0.2, 0.25) is 0 Å². The molecule has 0 radical (unpaired) electrons. The van der Waals surface area contributed by atoms with Gasteiger partial charge in [0.15, 0.2) is 0 Å². The molecule has 1 fully saturated rings. The number of anilines is 1. The molecule has 10 heteroatoms. The summed E-state index contributed by atoms with van der Waals surface area (Å²) in [5.41, 5.74) is 6.74. The van der Waals surface area contributed by atoms with Crippen LogP contribution in [0.15, 0.2) is 34.1 Å². The first-order valence-electron chi connectivity index (χ1n) is 8.78. The lowest BCUT2D eigenvalue weighted by Crippen LogP contribution is -2.36. The molecule has 1 atom stereocenters. The number of halogens is 1. The first kappa shape index (κ1) is 21.0.